The van der Waals surface area contributed by atoms with Crippen molar-refractivity contribution in [3.63, 3.8) is 0 Å². The van der Waals surface area contributed by atoms with Gasteiger partial charge in [-0.05, 0) is 36.6 Å². The molecule has 0 unspecified atom stereocenters. The molecule has 0 atom stereocenters. The van der Waals surface area contributed by atoms with E-state index in [0.29, 0.717) is 12.1 Å². The SMILES string of the molecule is O=C(NCCN1CCC(=Cc2ccc(F)cc2)CC1)c1ccc(=O)[nH]c1. The zero-order chi connectivity index (χ0) is 18.4. The Morgan fingerprint density at radius 1 is 1.15 bits per heavy atom. The molecule has 1 aliphatic rings. The Kier molecular flexibility index (Phi) is 5.96. The lowest BCUT2D eigenvalue weighted by molar-refractivity contribution is 0.0947. The Labute approximate surface area is 151 Å². The number of aromatic nitrogens is 1. The number of H-pyrrole nitrogens is 1. The summed E-state index contributed by atoms with van der Waals surface area (Å²) in [7, 11) is 0. The van der Waals surface area contributed by atoms with Crippen LogP contribution in [0.15, 0.2) is 53.0 Å². The molecule has 5 nitrogen and oxygen atoms in total. The molecule has 1 aliphatic heterocycles. The quantitative estimate of drug-likeness (QED) is 0.866. The van der Waals surface area contributed by atoms with E-state index in [4.69, 9.17) is 0 Å². The van der Waals surface area contributed by atoms with E-state index in [0.717, 1.165) is 38.0 Å². The Hall–Kier alpha value is -2.73. The molecule has 1 amide bonds. The average molecular weight is 355 g/mol. The van der Waals surface area contributed by atoms with E-state index in [1.165, 1.54) is 36.0 Å². The first kappa shape index (κ1) is 18.1. The molecule has 1 fully saturated rings. The summed E-state index contributed by atoms with van der Waals surface area (Å²) in [5, 5.41) is 2.87. The van der Waals surface area contributed by atoms with Crippen LogP contribution in [-0.2, 0) is 0 Å². The third-order valence-electron chi connectivity index (χ3n) is 4.50. The molecule has 136 valence electrons. The Bertz CT molecular complexity index is 812. The van der Waals surface area contributed by atoms with Gasteiger partial charge in [0.25, 0.3) is 5.91 Å². The molecule has 1 aromatic carbocycles. The molecule has 2 aromatic rings. The molecule has 1 aromatic heterocycles. The highest BCUT2D eigenvalue weighted by Gasteiger charge is 2.14. The summed E-state index contributed by atoms with van der Waals surface area (Å²) in [4.78, 5) is 27.8. The molecule has 0 saturated carbocycles. The van der Waals surface area contributed by atoms with Crippen LogP contribution in [0.5, 0.6) is 0 Å². The predicted molar refractivity (Wildman–Crippen MR) is 99.4 cm³/mol. The highest BCUT2D eigenvalue weighted by atomic mass is 19.1. The van der Waals surface area contributed by atoms with Crippen LogP contribution >= 0.6 is 0 Å². The summed E-state index contributed by atoms with van der Waals surface area (Å²) in [6.45, 7) is 3.25. The van der Waals surface area contributed by atoms with Crippen LogP contribution in [-0.4, -0.2) is 42.0 Å². The molecule has 0 spiro atoms. The largest absolute Gasteiger partial charge is 0.351 e. The third-order valence-corrected chi connectivity index (χ3v) is 4.50. The number of rotatable bonds is 5. The summed E-state index contributed by atoms with van der Waals surface area (Å²) in [6, 6.07) is 9.40. The third kappa shape index (κ3) is 5.13. The zero-order valence-corrected chi connectivity index (χ0v) is 14.5. The first-order valence-electron chi connectivity index (χ1n) is 8.74. The Morgan fingerprint density at radius 3 is 2.54 bits per heavy atom. The van der Waals surface area contributed by atoms with Crippen molar-refractivity contribution in [1.29, 1.82) is 0 Å². The summed E-state index contributed by atoms with van der Waals surface area (Å²) in [5.74, 6) is -0.402. The molecule has 26 heavy (non-hydrogen) atoms. The molecule has 0 bridgehead atoms. The first-order valence-corrected chi connectivity index (χ1v) is 8.74. The van der Waals surface area contributed by atoms with E-state index in [9.17, 15) is 14.0 Å². The van der Waals surface area contributed by atoms with Crippen molar-refractivity contribution in [3.8, 4) is 0 Å². The van der Waals surface area contributed by atoms with Crippen molar-refractivity contribution in [1.82, 2.24) is 15.2 Å². The number of nitrogens with zero attached hydrogens (tertiary/aromatic N) is 1. The number of piperidine rings is 1. The van der Waals surface area contributed by atoms with E-state index >= 15 is 0 Å². The maximum absolute atomic E-state index is 12.9. The minimum Gasteiger partial charge on any atom is -0.351 e. The topological polar surface area (TPSA) is 65.2 Å². The van der Waals surface area contributed by atoms with Gasteiger partial charge in [-0.2, -0.15) is 0 Å². The highest BCUT2D eigenvalue weighted by molar-refractivity contribution is 5.93. The number of amides is 1. The molecular weight excluding hydrogens is 333 g/mol. The van der Waals surface area contributed by atoms with Gasteiger partial charge in [0.15, 0.2) is 0 Å². The van der Waals surface area contributed by atoms with Crippen molar-refractivity contribution < 1.29 is 9.18 Å². The fourth-order valence-electron chi connectivity index (χ4n) is 2.98. The van der Waals surface area contributed by atoms with Gasteiger partial charge >= 0.3 is 0 Å². The second-order valence-electron chi connectivity index (χ2n) is 6.39. The van der Waals surface area contributed by atoms with E-state index in [2.05, 4.69) is 21.3 Å². The molecular formula is C20H22FN3O2. The normalized spacial score (nSPS) is 14.9. The van der Waals surface area contributed by atoms with Crippen LogP contribution in [0.4, 0.5) is 4.39 Å². The van der Waals surface area contributed by atoms with E-state index in [1.54, 1.807) is 12.1 Å². The second kappa shape index (κ2) is 8.58. The van der Waals surface area contributed by atoms with Crippen LogP contribution in [0.2, 0.25) is 0 Å². The lowest BCUT2D eigenvalue weighted by Crippen LogP contribution is -2.38. The van der Waals surface area contributed by atoms with Gasteiger partial charge in [-0.3, -0.25) is 9.59 Å². The fourth-order valence-corrected chi connectivity index (χ4v) is 2.98. The highest BCUT2D eigenvalue weighted by Crippen LogP contribution is 2.19. The van der Waals surface area contributed by atoms with Gasteiger partial charge in [0, 0.05) is 38.4 Å². The molecule has 0 aliphatic carbocycles. The fraction of sp³-hybridized carbons (Fsp3) is 0.300. The molecule has 2 heterocycles. The molecule has 2 N–H and O–H groups in total. The monoisotopic (exact) mass is 355 g/mol. The zero-order valence-electron chi connectivity index (χ0n) is 14.5. The lowest BCUT2D eigenvalue weighted by atomic mass is 10.0. The number of pyridine rings is 1. The van der Waals surface area contributed by atoms with Gasteiger partial charge in [0.2, 0.25) is 5.56 Å². The standard InChI is InChI=1S/C20H22FN3O2/c21-18-4-1-15(2-5-18)13-16-7-10-24(11-8-16)12-9-22-20(26)17-3-6-19(25)23-14-17/h1-6,13-14H,7-12H2,(H,22,26)(H,23,25). The maximum Gasteiger partial charge on any atom is 0.252 e. The summed E-state index contributed by atoms with van der Waals surface area (Å²) < 4.78 is 12.9. The summed E-state index contributed by atoms with van der Waals surface area (Å²) >= 11 is 0. The Morgan fingerprint density at radius 2 is 1.88 bits per heavy atom. The molecule has 1 saturated heterocycles. The number of carbonyl (C=O) groups excluding carboxylic acids is 1. The maximum atomic E-state index is 12.9. The van der Waals surface area contributed by atoms with E-state index in [1.807, 2.05) is 0 Å². The number of hydrogen-bond acceptors (Lipinski definition) is 3. The van der Waals surface area contributed by atoms with Gasteiger partial charge in [0.05, 0.1) is 5.56 Å². The number of nitrogens with one attached hydrogen (secondary N) is 2. The minimum atomic E-state index is -0.223. The van der Waals surface area contributed by atoms with Crippen molar-refractivity contribution in [2.24, 2.45) is 0 Å². The number of aromatic amines is 1. The van der Waals surface area contributed by atoms with Crippen LogP contribution in [0, 0.1) is 5.82 Å². The predicted octanol–water partition coefficient (Wildman–Crippen LogP) is 2.42. The number of likely N-dealkylation sites (tertiary alicyclic amines) is 1. The molecule has 6 heteroatoms. The van der Waals surface area contributed by atoms with Crippen molar-refractivity contribution in [2.45, 2.75) is 12.8 Å². The molecule has 0 radical (unpaired) electrons. The van der Waals surface area contributed by atoms with Gasteiger partial charge in [-0.1, -0.05) is 23.8 Å². The first-order chi connectivity index (χ1) is 12.6. The van der Waals surface area contributed by atoms with Gasteiger partial charge in [-0.25, -0.2) is 4.39 Å². The summed E-state index contributed by atoms with van der Waals surface area (Å²) in [5.41, 5.74) is 2.63. The lowest BCUT2D eigenvalue weighted by Gasteiger charge is -2.28. The van der Waals surface area contributed by atoms with Crippen molar-refractivity contribution in [2.75, 3.05) is 26.2 Å². The number of halogens is 1. The van der Waals surface area contributed by atoms with Gasteiger partial charge < -0.3 is 15.2 Å². The van der Waals surface area contributed by atoms with Crippen LogP contribution in [0.1, 0.15) is 28.8 Å². The van der Waals surface area contributed by atoms with Gasteiger partial charge in [0.1, 0.15) is 5.82 Å². The summed E-state index contributed by atoms with van der Waals surface area (Å²) in [6.07, 6.45) is 5.51. The number of carbonyl (C=O) groups is 1. The van der Waals surface area contributed by atoms with Crippen LogP contribution in [0.25, 0.3) is 6.08 Å². The minimum absolute atomic E-state index is 0.185. The average Bonchev–Trinajstić information content (AvgIpc) is 2.65. The smallest absolute Gasteiger partial charge is 0.252 e. The van der Waals surface area contributed by atoms with E-state index < -0.39 is 0 Å². The number of benzene rings is 1. The molecule has 3 rings (SSSR count). The van der Waals surface area contributed by atoms with Crippen molar-refractivity contribution >= 4 is 12.0 Å². The van der Waals surface area contributed by atoms with Gasteiger partial charge in [-0.15, -0.1) is 0 Å². The number of hydrogen-bond donors (Lipinski definition) is 2. The van der Waals surface area contributed by atoms with Crippen molar-refractivity contribution in [3.05, 3.63) is 75.5 Å². The Balaban J connectivity index is 1.41. The second-order valence-corrected chi connectivity index (χ2v) is 6.39. The van der Waals surface area contributed by atoms with E-state index in [-0.39, 0.29) is 17.3 Å². The van der Waals surface area contributed by atoms with Crippen LogP contribution < -0.4 is 10.9 Å². The van der Waals surface area contributed by atoms with Crippen LogP contribution in [0.3, 0.4) is 0 Å².